The first kappa shape index (κ1) is 9.93. The fourth-order valence-electron chi connectivity index (χ4n) is 2.48. The molecule has 2 aliphatic heterocycles. The molecule has 0 unspecified atom stereocenters. The van der Waals surface area contributed by atoms with Gasteiger partial charge in [0, 0.05) is 19.1 Å². The van der Waals surface area contributed by atoms with Crippen LogP contribution in [0.5, 0.6) is 0 Å². The Kier molecular flexibility index (Phi) is 2.27. The van der Waals surface area contributed by atoms with Crippen molar-refractivity contribution in [2.24, 2.45) is 5.41 Å². The Labute approximate surface area is 84.2 Å². The van der Waals surface area contributed by atoms with E-state index in [0.717, 1.165) is 19.6 Å². The number of ether oxygens (including phenoxy) is 2. The lowest BCUT2D eigenvalue weighted by Crippen LogP contribution is -2.45. The van der Waals surface area contributed by atoms with Crippen molar-refractivity contribution in [2.45, 2.75) is 32.6 Å². The number of rotatable bonds is 1. The molecule has 2 saturated heterocycles. The van der Waals surface area contributed by atoms with Gasteiger partial charge in [0.25, 0.3) is 5.91 Å². The molecule has 0 aliphatic carbocycles. The van der Waals surface area contributed by atoms with Crippen LogP contribution in [0.25, 0.3) is 0 Å². The van der Waals surface area contributed by atoms with Gasteiger partial charge in [-0.05, 0) is 6.42 Å². The van der Waals surface area contributed by atoms with Gasteiger partial charge in [-0.2, -0.15) is 0 Å². The molecule has 1 amide bonds. The lowest BCUT2D eigenvalue weighted by molar-refractivity contribution is -0.148. The number of fused-ring (bicyclic) bond motifs is 1. The summed E-state index contributed by atoms with van der Waals surface area (Å²) in [5, 5.41) is 0. The maximum Gasteiger partial charge on any atom is 0.254 e. The summed E-state index contributed by atoms with van der Waals surface area (Å²) in [6.07, 6.45) is 0.466. The Morgan fingerprint density at radius 1 is 1.57 bits per heavy atom. The van der Waals surface area contributed by atoms with Crippen LogP contribution in [0.2, 0.25) is 0 Å². The van der Waals surface area contributed by atoms with Crippen LogP contribution in [0.4, 0.5) is 0 Å². The third-order valence-corrected chi connectivity index (χ3v) is 3.16. The molecule has 80 valence electrons. The molecule has 0 saturated carbocycles. The van der Waals surface area contributed by atoms with Crippen molar-refractivity contribution < 1.29 is 14.3 Å². The summed E-state index contributed by atoms with van der Waals surface area (Å²) in [6, 6.07) is 0. The molecule has 2 atom stereocenters. The van der Waals surface area contributed by atoms with Crippen molar-refractivity contribution in [1.29, 1.82) is 0 Å². The summed E-state index contributed by atoms with van der Waals surface area (Å²) in [5.74, 6) is 0.0715. The van der Waals surface area contributed by atoms with E-state index in [-0.39, 0.29) is 23.7 Å². The second-order valence-electron chi connectivity index (χ2n) is 4.55. The van der Waals surface area contributed by atoms with Crippen LogP contribution in [-0.4, -0.2) is 43.4 Å². The highest BCUT2D eigenvalue weighted by Crippen LogP contribution is 2.40. The van der Waals surface area contributed by atoms with Gasteiger partial charge < -0.3 is 14.4 Å². The van der Waals surface area contributed by atoms with Gasteiger partial charge in [-0.1, -0.05) is 13.8 Å². The van der Waals surface area contributed by atoms with Crippen LogP contribution in [0.3, 0.4) is 0 Å². The van der Waals surface area contributed by atoms with Crippen molar-refractivity contribution >= 4 is 5.91 Å². The number of amides is 1. The molecule has 2 heterocycles. The molecule has 4 nitrogen and oxygen atoms in total. The number of carbonyl (C=O) groups excluding carboxylic acids is 1. The van der Waals surface area contributed by atoms with Gasteiger partial charge in [0.15, 0.2) is 0 Å². The summed E-state index contributed by atoms with van der Waals surface area (Å²) >= 11 is 0. The lowest BCUT2D eigenvalue weighted by Gasteiger charge is -2.36. The second-order valence-corrected chi connectivity index (χ2v) is 4.55. The molecule has 0 bridgehead atoms. The van der Waals surface area contributed by atoms with E-state index in [2.05, 4.69) is 0 Å². The van der Waals surface area contributed by atoms with Crippen molar-refractivity contribution in [1.82, 2.24) is 4.90 Å². The first-order valence-electron chi connectivity index (χ1n) is 5.04. The van der Waals surface area contributed by atoms with Gasteiger partial charge in [-0.15, -0.1) is 0 Å². The van der Waals surface area contributed by atoms with E-state index in [4.69, 9.17) is 9.47 Å². The number of hydrogen-bond donors (Lipinski definition) is 0. The van der Waals surface area contributed by atoms with Crippen molar-refractivity contribution in [2.75, 3.05) is 20.3 Å². The smallest absolute Gasteiger partial charge is 0.254 e. The Morgan fingerprint density at radius 2 is 2.29 bits per heavy atom. The normalized spacial score (nSPS) is 35.9. The van der Waals surface area contributed by atoms with E-state index in [1.807, 2.05) is 13.8 Å². The largest absolute Gasteiger partial charge is 0.371 e. The van der Waals surface area contributed by atoms with E-state index in [1.165, 1.54) is 0 Å². The zero-order valence-electron chi connectivity index (χ0n) is 8.95. The van der Waals surface area contributed by atoms with Crippen molar-refractivity contribution in [3.05, 3.63) is 0 Å². The highest BCUT2D eigenvalue weighted by molar-refractivity contribution is 5.84. The average molecular weight is 199 g/mol. The van der Waals surface area contributed by atoms with E-state index in [1.54, 1.807) is 12.0 Å². The van der Waals surface area contributed by atoms with E-state index < -0.39 is 0 Å². The van der Waals surface area contributed by atoms with Gasteiger partial charge >= 0.3 is 0 Å². The first-order chi connectivity index (χ1) is 6.59. The van der Waals surface area contributed by atoms with Gasteiger partial charge in [-0.25, -0.2) is 0 Å². The summed E-state index contributed by atoms with van der Waals surface area (Å²) in [7, 11) is 1.59. The van der Waals surface area contributed by atoms with Gasteiger partial charge in [0.1, 0.15) is 12.3 Å². The minimum Gasteiger partial charge on any atom is -0.371 e. The molecule has 4 heteroatoms. The fraction of sp³-hybridized carbons (Fsp3) is 0.900. The second kappa shape index (κ2) is 3.21. The summed E-state index contributed by atoms with van der Waals surface area (Å²) in [4.78, 5) is 13.7. The van der Waals surface area contributed by atoms with Gasteiger partial charge in [-0.3, -0.25) is 4.79 Å². The molecule has 2 aliphatic rings. The summed E-state index contributed by atoms with van der Waals surface area (Å²) in [6.45, 7) is 5.59. The Balaban J connectivity index is 2.29. The minimum atomic E-state index is -0.356. The third-order valence-electron chi connectivity index (χ3n) is 3.16. The maximum absolute atomic E-state index is 11.9. The predicted octanol–water partition coefficient (Wildman–Crippen LogP) is 0.616. The summed E-state index contributed by atoms with van der Waals surface area (Å²) < 4.78 is 10.9. The van der Waals surface area contributed by atoms with E-state index in [0.29, 0.717) is 0 Å². The maximum atomic E-state index is 11.9. The molecule has 0 aromatic rings. The number of carbonyl (C=O) groups is 1. The van der Waals surface area contributed by atoms with Crippen LogP contribution in [0, 0.1) is 5.41 Å². The van der Waals surface area contributed by atoms with Crippen molar-refractivity contribution in [3.63, 3.8) is 0 Å². The van der Waals surface area contributed by atoms with Crippen LogP contribution in [0.1, 0.15) is 20.3 Å². The summed E-state index contributed by atoms with van der Waals surface area (Å²) in [5.41, 5.74) is -0.244. The van der Waals surface area contributed by atoms with E-state index >= 15 is 0 Å². The van der Waals surface area contributed by atoms with Gasteiger partial charge in [0.05, 0.1) is 6.61 Å². The zero-order valence-corrected chi connectivity index (χ0v) is 8.95. The molecule has 0 aromatic carbocycles. The van der Waals surface area contributed by atoms with Crippen LogP contribution >= 0.6 is 0 Å². The number of methoxy groups -OCH3 is 1. The lowest BCUT2D eigenvalue weighted by atomic mass is 9.87. The Morgan fingerprint density at radius 3 is 2.86 bits per heavy atom. The Bertz CT molecular complexity index is 252. The standard InChI is InChI=1S/C10H17NO3/c1-10(2)7(13-3)8(12)11-5-4-6-14-9(10)11/h7,9H,4-6H2,1-3H3/t7-,9-/m1/s1. The molecule has 0 radical (unpaired) electrons. The number of hydrogen-bond acceptors (Lipinski definition) is 3. The minimum absolute atomic E-state index is 0.0715. The highest BCUT2D eigenvalue weighted by Gasteiger charge is 2.55. The molecule has 0 N–H and O–H groups in total. The topological polar surface area (TPSA) is 38.8 Å². The molecule has 2 rings (SSSR count). The highest BCUT2D eigenvalue weighted by atomic mass is 16.5. The molecular weight excluding hydrogens is 182 g/mol. The molecule has 14 heavy (non-hydrogen) atoms. The average Bonchev–Trinajstić information content (AvgIpc) is 2.36. The monoisotopic (exact) mass is 199 g/mol. The fourth-order valence-corrected chi connectivity index (χ4v) is 2.48. The quantitative estimate of drug-likeness (QED) is 0.621. The molecule has 0 aromatic heterocycles. The van der Waals surface area contributed by atoms with Crippen LogP contribution in [0.15, 0.2) is 0 Å². The molecular formula is C10H17NO3. The number of nitrogens with zero attached hydrogens (tertiary/aromatic N) is 1. The molecule has 2 fully saturated rings. The van der Waals surface area contributed by atoms with Crippen LogP contribution in [-0.2, 0) is 14.3 Å². The van der Waals surface area contributed by atoms with Crippen molar-refractivity contribution in [3.8, 4) is 0 Å². The predicted molar refractivity (Wildman–Crippen MR) is 50.6 cm³/mol. The first-order valence-corrected chi connectivity index (χ1v) is 5.04. The van der Waals surface area contributed by atoms with E-state index in [9.17, 15) is 4.79 Å². The molecule has 0 spiro atoms. The zero-order chi connectivity index (χ0) is 10.3. The Hall–Kier alpha value is -0.610. The van der Waals surface area contributed by atoms with Gasteiger partial charge in [0.2, 0.25) is 0 Å². The van der Waals surface area contributed by atoms with Crippen LogP contribution < -0.4 is 0 Å². The third kappa shape index (κ3) is 1.17. The SMILES string of the molecule is CO[C@@H]1C(=O)N2CCCO[C@@H]2C1(C)C.